The molecular weight excluding hydrogens is 283 g/mol. The largest absolute Gasteiger partial charge is 0.487 e. The number of anilines is 1. The average molecular weight is 304 g/mol. The summed E-state index contributed by atoms with van der Waals surface area (Å²) in [6.45, 7) is 4.47. The molecule has 2 atom stereocenters. The first-order chi connectivity index (χ1) is 10.6. The number of ether oxygens (including phenoxy) is 1. The third-order valence-corrected chi connectivity index (χ3v) is 5.33. The molecule has 2 fully saturated rings. The van der Waals surface area contributed by atoms with E-state index in [4.69, 9.17) is 4.74 Å². The summed E-state index contributed by atoms with van der Waals surface area (Å²) in [5, 5.41) is 3.36. The molecule has 2 aliphatic heterocycles. The number of benzene rings is 1. The van der Waals surface area contributed by atoms with E-state index >= 15 is 0 Å². The van der Waals surface area contributed by atoms with Crippen molar-refractivity contribution in [3.05, 3.63) is 24.0 Å². The maximum Gasteiger partial charge on any atom is 0.230 e. The monoisotopic (exact) mass is 304 g/mol. The Labute approximate surface area is 129 Å². The molecule has 118 valence electrons. The summed E-state index contributed by atoms with van der Waals surface area (Å²) in [5.41, 5.74) is 0.921. The molecule has 22 heavy (non-hydrogen) atoms. The van der Waals surface area contributed by atoms with Gasteiger partial charge < -0.3 is 15.0 Å². The summed E-state index contributed by atoms with van der Waals surface area (Å²) in [5.74, 6) is 0.455. The molecule has 1 aromatic carbocycles. The van der Waals surface area contributed by atoms with Crippen LogP contribution >= 0.6 is 0 Å². The highest BCUT2D eigenvalue weighted by atomic mass is 19.1. The maximum absolute atomic E-state index is 13.4. The van der Waals surface area contributed by atoms with Gasteiger partial charge in [0.1, 0.15) is 17.7 Å². The first kappa shape index (κ1) is 14.0. The molecule has 1 aliphatic carbocycles. The van der Waals surface area contributed by atoms with Gasteiger partial charge >= 0.3 is 0 Å². The average Bonchev–Trinajstić information content (AvgIpc) is 3.19. The molecule has 2 unspecified atom stereocenters. The van der Waals surface area contributed by atoms with Crippen molar-refractivity contribution in [2.24, 2.45) is 11.3 Å². The Morgan fingerprint density at radius 2 is 2.18 bits per heavy atom. The summed E-state index contributed by atoms with van der Waals surface area (Å²) >= 11 is 0. The van der Waals surface area contributed by atoms with Crippen LogP contribution in [0.25, 0.3) is 0 Å². The third kappa shape index (κ3) is 2.19. The van der Waals surface area contributed by atoms with Gasteiger partial charge in [-0.2, -0.15) is 0 Å². The number of hydrogen-bond acceptors (Lipinski definition) is 3. The van der Waals surface area contributed by atoms with Crippen LogP contribution in [0.15, 0.2) is 18.2 Å². The van der Waals surface area contributed by atoms with Gasteiger partial charge in [0.05, 0.1) is 12.2 Å². The summed E-state index contributed by atoms with van der Waals surface area (Å²) < 4.78 is 19.1. The summed E-state index contributed by atoms with van der Waals surface area (Å²) in [4.78, 5) is 14.8. The smallest absolute Gasteiger partial charge is 0.230 e. The van der Waals surface area contributed by atoms with E-state index in [0.29, 0.717) is 18.0 Å². The van der Waals surface area contributed by atoms with Crippen LogP contribution in [-0.2, 0) is 4.79 Å². The van der Waals surface area contributed by atoms with Crippen LogP contribution in [0.1, 0.15) is 26.2 Å². The first-order valence-electron chi connectivity index (χ1n) is 8.07. The van der Waals surface area contributed by atoms with Crippen LogP contribution in [0, 0.1) is 17.2 Å². The Bertz CT molecular complexity index is 613. The Hall–Kier alpha value is -1.62. The second-order valence-electron chi connectivity index (χ2n) is 6.86. The van der Waals surface area contributed by atoms with Crippen molar-refractivity contribution >= 4 is 11.6 Å². The zero-order valence-corrected chi connectivity index (χ0v) is 12.8. The number of nitrogens with one attached hydrogen (secondary N) is 1. The molecule has 4 rings (SSSR count). The van der Waals surface area contributed by atoms with Gasteiger partial charge in [0.2, 0.25) is 5.91 Å². The van der Waals surface area contributed by atoms with Crippen molar-refractivity contribution < 1.29 is 13.9 Å². The summed E-state index contributed by atoms with van der Waals surface area (Å²) in [7, 11) is 0. The highest BCUT2D eigenvalue weighted by Crippen LogP contribution is 2.59. The number of carbonyl (C=O) groups excluding carboxylic acids is 1. The predicted molar refractivity (Wildman–Crippen MR) is 81.5 cm³/mol. The second kappa shape index (κ2) is 4.95. The fraction of sp³-hybridized carbons (Fsp3) is 0.588. The molecule has 0 aromatic heterocycles. The van der Waals surface area contributed by atoms with Crippen molar-refractivity contribution in [1.82, 2.24) is 5.32 Å². The molecule has 0 bridgehead atoms. The molecule has 1 N–H and O–H groups in total. The highest BCUT2D eigenvalue weighted by molar-refractivity contribution is 5.99. The topological polar surface area (TPSA) is 41.6 Å². The van der Waals surface area contributed by atoms with Gasteiger partial charge in [0.15, 0.2) is 0 Å². The van der Waals surface area contributed by atoms with Gasteiger partial charge in [-0.15, -0.1) is 0 Å². The summed E-state index contributed by atoms with van der Waals surface area (Å²) in [6, 6.07) is 4.43. The van der Waals surface area contributed by atoms with Gasteiger partial charge in [-0.1, -0.05) is 0 Å². The molecule has 0 radical (unpaired) electrons. The fourth-order valence-electron chi connectivity index (χ4n) is 3.99. The fourth-order valence-corrected chi connectivity index (χ4v) is 3.99. The zero-order chi connectivity index (χ0) is 15.3. The number of piperidine rings is 1. The molecule has 1 amide bonds. The van der Waals surface area contributed by atoms with E-state index in [1.807, 2.05) is 11.8 Å². The first-order valence-corrected chi connectivity index (χ1v) is 8.07. The Kier molecular flexibility index (Phi) is 3.15. The Morgan fingerprint density at radius 1 is 1.41 bits per heavy atom. The lowest BCUT2D eigenvalue weighted by Gasteiger charge is -2.34. The molecule has 3 aliphatic rings. The SMILES string of the molecule is CC1CN(C(=O)C2CC23CCNCC3)c2ccc(F)cc2O1. The molecule has 4 nitrogen and oxygen atoms in total. The van der Waals surface area contributed by atoms with E-state index in [9.17, 15) is 9.18 Å². The number of hydrogen-bond donors (Lipinski definition) is 1. The normalized spacial score (nSPS) is 28.9. The van der Waals surface area contributed by atoms with Crippen LogP contribution in [0.3, 0.4) is 0 Å². The van der Waals surface area contributed by atoms with Gasteiger partial charge in [0.25, 0.3) is 0 Å². The van der Waals surface area contributed by atoms with Crippen molar-refractivity contribution in [2.45, 2.75) is 32.3 Å². The number of nitrogens with zero attached hydrogens (tertiary/aromatic N) is 1. The van der Waals surface area contributed by atoms with Crippen LogP contribution in [0.2, 0.25) is 0 Å². The number of fused-ring (bicyclic) bond motifs is 1. The van der Waals surface area contributed by atoms with Crippen LogP contribution in [-0.4, -0.2) is 31.6 Å². The van der Waals surface area contributed by atoms with E-state index in [2.05, 4.69) is 5.32 Å². The molecule has 1 aromatic rings. The van der Waals surface area contributed by atoms with Gasteiger partial charge in [0, 0.05) is 12.0 Å². The van der Waals surface area contributed by atoms with E-state index in [1.54, 1.807) is 6.07 Å². The van der Waals surface area contributed by atoms with Crippen molar-refractivity contribution in [3.8, 4) is 5.75 Å². The standard InChI is InChI=1S/C17H21FN2O2/c1-11-10-20(14-3-2-12(18)8-15(14)22-11)16(21)13-9-17(13)4-6-19-7-5-17/h2-3,8,11,13,19H,4-7,9-10H2,1H3. The molecule has 2 heterocycles. The number of halogens is 1. The van der Waals surface area contributed by atoms with E-state index in [-0.39, 0.29) is 29.2 Å². The third-order valence-electron chi connectivity index (χ3n) is 5.33. The minimum Gasteiger partial charge on any atom is -0.487 e. The highest BCUT2D eigenvalue weighted by Gasteiger charge is 2.59. The maximum atomic E-state index is 13.4. The minimum atomic E-state index is -0.332. The van der Waals surface area contributed by atoms with Crippen molar-refractivity contribution in [3.63, 3.8) is 0 Å². The molecular formula is C17H21FN2O2. The van der Waals surface area contributed by atoms with E-state index < -0.39 is 0 Å². The summed E-state index contributed by atoms with van der Waals surface area (Å²) in [6.07, 6.45) is 3.05. The minimum absolute atomic E-state index is 0.110. The predicted octanol–water partition coefficient (Wildman–Crippen LogP) is 2.33. The van der Waals surface area contributed by atoms with Crippen LogP contribution in [0.4, 0.5) is 10.1 Å². The Balaban J connectivity index is 1.59. The lowest BCUT2D eigenvalue weighted by molar-refractivity contribution is -0.121. The zero-order valence-electron chi connectivity index (χ0n) is 12.8. The quantitative estimate of drug-likeness (QED) is 0.866. The second-order valence-corrected chi connectivity index (χ2v) is 6.86. The number of rotatable bonds is 1. The number of amides is 1. The van der Waals surface area contributed by atoms with Crippen molar-refractivity contribution in [2.75, 3.05) is 24.5 Å². The lowest BCUT2D eigenvalue weighted by atomic mass is 9.91. The van der Waals surface area contributed by atoms with Gasteiger partial charge in [-0.25, -0.2) is 4.39 Å². The molecule has 5 heteroatoms. The van der Waals surface area contributed by atoms with Crippen molar-refractivity contribution in [1.29, 1.82) is 0 Å². The Morgan fingerprint density at radius 3 is 2.95 bits per heavy atom. The molecule has 1 saturated heterocycles. The lowest BCUT2D eigenvalue weighted by Crippen LogP contribution is -2.44. The van der Waals surface area contributed by atoms with Crippen LogP contribution < -0.4 is 15.0 Å². The van der Waals surface area contributed by atoms with Gasteiger partial charge in [-0.3, -0.25) is 4.79 Å². The van der Waals surface area contributed by atoms with Crippen LogP contribution in [0.5, 0.6) is 5.75 Å². The molecule has 1 saturated carbocycles. The van der Waals surface area contributed by atoms with Gasteiger partial charge in [-0.05, 0) is 56.8 Å². The molecule has 1 spiro atoms. The van der Waals surface area contributed by atoms with E-state index in [1.165, 1.54) is 12.1 Å². The number of carbonyl (C=O) groups is 1. The van der Waals surface area contributed by atoms with E-state index in [0.717, 1.165) is 32.4 Å².